The molecule has 1 fully saturated rings. The normalized spacial score (nSPS) is 12.7. The lowest BCUT2D eigenvalue weighted by atomic mass is 10.1. The van der Waals surface area contributed by atoms with Crippen molar-refractivity contribution in [1.29, 1.82) is 5.26 Å². The van der Waals surface area contributed by atoms with Crippen LogP contribution >= 0.6 is 0 Å². The summed E-state index contributed by atoms with van der Waals surface area (Å²) in [6.07, 6.45) is 9.12. The number of halogens is 1. The lowest BCUT2D eigenvalue weighted by Gasteiger charge is -2.11. The largest absolute Gasteiger partial charge is 0.494 e. The summed E-state index contributed by atoms with van der Waals surface area (Å²) in [7, 11) is 1.33. The molecule has 11 nitrogen and oxygen atoms in total. The number of hydrogen-bond acceptors (Lipinski definition) is 8. The smallest absolute Gasteiger partial charge is 0.303 e. The zero-order valence-electron chi connectivity index (χ0n) is 21.9. The molecule has 39 heavy (non-hydrogen) atoms. The number of aliphatic carboxylic acids is 1. The van der Waals surface area contributed by atoms with Gasteiger partial charge in [-0.3, -0.25) is 9.59 Å². The van der Waals surface area contributed by atoms with Gasteiger partial charge in [-0.05, 0) is 55.4 Å². The fourth-order valence-corrected chi connectivity index (χ4v) is 4.06. The number of amides is 1. The monoisotopic (exact) mass is 537 g/mol. The van der Waals surface area contributed by atoms with E-state index in [0.29, 0.717) is 31.0 Å². The summed E-state index contributed by atoms with van der Waals surface area (Å²) in [6, 6.07) is 6.77. The number of benzene rings is 1. The number of carboxylic acid groups (broad SMARTS) is 1. The van der Waals surface area contributed by atoms with E-state index in [4.69, 9.17) is 26.7 Å². The maximum Gasteiger partial charge on any atom is 0.303 e. The molecule has 206 valence electrons. The number of allylic oxidation sites excluding steroid dienone is 1. The average molecular weight is 538 g/mol. The molecule has 0 unspecified atom stereocenters. The number of carboxylic acids is 1. The van der Waals surface area contributed by atoms with E-state index in [1.807, 2.05) is 16.7 Å². The van der Waals surface area contributed by atoms with Crippen LogP contribution in [0.25, 0.3) is 5.65 Å². The van der Waals surface area contributed by atoms with Gasteiger partial charge in [-0.2, -0.15) is 5.26 Å². The standard InChI is InChI=1S/C17H23N5O2.C10H9FN2O2/c1-11(18)7-22(19)10-15-9-21-8-14(12-2-3-12)6-13(17(21)20-15)4-5-16(23)24;1-15-9-3-2-7(4-12)8(10(9)11)5-13-6-14/h6-9,12H,2-5,10,18-19H2,1H3,(H,23,24);2-3,6H,5H2,1H3,(H,13,14)/b11-7-;. The number of nitriles is 1. The van der Waals surface area contributed by atoms with Gasteiger partial charge in [-0.25, -0.2) is 15.2 Å². The van der Waals surface area contributed by atoms with Crippen LogP contribution in [0, 0.1) is 17.1 Å². The molecule has 2 heterocycles. The average Bonchev–Trinajstić information content (AvgIpc) is 3.66. The Labute approximate surface area is 225 Å². The number of hydrogen-bond donors (Lipinski definition) is 4. The number of hydrazine groups is 1. The number of fused-ring (bicyclic) bond motifs is 1. The summed E-state index contributed by atoms with van der Waals surface area (Å²) in [4.78, 5) is 25.7. The first-order valence-electron chi connectivity index (χ1n) is 12.3. The minimum Gasteiger partial charge on any atom is -0.494 e. The van der Waals surface area contributed by atoms with Gasteiger partial charge in [-0.15, -0.1) is 0 Å². The van der Waals surface area contributed by atoms with Crippen LogP contribution in [0.4, 0.5) is 4.39 Å². The molecule has 0 spiro atoms. The number of aromatic nitrogens is 2. The Hall–Kier alpha value is -4.63. The van der Waals surface area contributed by atoms with Gasteiger partial charge in [-0.1, -0.05) is 6.07 Å². The van der Waals surface area contributed by atoms with Crippen LogP contribution in [0.5, 0.6) is 5.75 Å². The van der Waals surface area contributed by atoms with Crippen LogP contribution in [-0.4, -0.2) is 39.0 Å². The fourth-order valence-electron chi connectivity index (χ4n) is 4.06. The number of ether oxygens (including phenoxy) is 1. The van der Waals surface area contributed by atoms with Crippen LogP contribution in [-0.2, 0) is 29.1 Å². The number of carbonyl (C=O) groups excluding carboxylic acids is 1. The molecule has 1 saturated carbocycles. The maximum atomic E-state index is 13.6. The molecule has 6 N–H and O–H groups in total. The van der Waals surface area contributed by atoms with E-state index in [1.54, 1.807) is 13.1 Å². The summed E-state index contributed by atoms with van der Waals surface area (Å²) in [5.41, 5.74) is 10.4. The van der Waals surface area contributed by atoms with Crippen LogP contribution < -0.4 is 21.6 Å². The Kier molecular flexibility index (Phi) is 9.83. The highest BCUT2D eigenvalue weighted by atomic mass is 19.1. The van der Waals surface area contributed by atoms with Gasteiger partial charge in [0.25, 0.3) is 0 Å². The topological polar surface area (TPSA) is 172 Å². The number of carbonyl (C=O) groups is 2. The van der Waals surface area contributed by atoms with Crippen molar-refractivity contribution < 1.29 is 23.8 Å². The molecule has 3 aromatic rings. The van der Waals surface area contributed by atoms with E-state index in [2.05, 4.69) is 22.6 Å². The molecule has 1 amide bonds. The van der Waals surface area contributed by atoms with Gasteiger partial charge in [0, 0.05) is 42.8 Å². The lowest BCUT2D eigenvalue weighted by molar-refractivity contribution is -0.137. The van der Waals surface area contributed by atoms with Crippen molar-refractivity contribution in [2.75, 3.05) is 7.11 Å². The number of methoxy groups -OCH3 is 1. The van der Waals surface area contributed by atoms with Crippen LogP contribution in [0.15, 0.2) is 42.5 Å². The Morgan fingerprint density at radius 2 is 2.15 bits per heavy atom. The van der Waals surface area contributed by atoms with Gasteiger partial charge in [0.2, 0.25) is 6.41 Å². The highest BCUT2D eigenvalue weighted by Crippen LogP contribution is 2.40. The first kappa shape index (κ1) is 28.9. The molecule has 1 aliphatic carbocycles. The number of rotatable bonds is 11. The van der Waals surface area contributed by atoms with Gasteiger partial charge < -0.3 is 30.3 Å². The third-order valence-electron chi connectivity index (χ3n) is 5.98. The van der Waals surface area contributed by atoms with Crippen molar-refractivity contribution in [3.05, 3.63) is 76.3 Å². The molecule has 0 aliphatic heterocycles. The fraction of sp³-hybridized carbons (Fsp3) is 0.333. The minimum absolute atomic E-state index is 0.0323. The third kappa shape index (κ3) is 7.93. The molecule has 12 heteroatoms. The van der Waals surface area contributed by atoms with E-state index in [0.717, 1.165) is 16.9 Å². The molecule has 0 radical (unpaired) electrons. The Bertz CT molecular complexity index is 1410. The van der Waals surface area contributed by atoms with Gasteiger partial charge in [0.1, 0.15) is 5.65 Å². The highest BCUT2D eigenvalue weighted by Gasteiger charge is 2.25. The Morgan fingerprint density at radius 1 is 1.41 bits per heavy atom. The van der Waals surface area contributed by atoms with Gasteiger partial charge >= 0.3 is 5.97 Å². The van der Waals surface area contributed by atoms with Crippen molar-refractivity contribution in [3.8, 4) is 11.8 Å². The number of pyridine rings is 1. The predicted molar refractivity (Wildman–Crippen MR) is 141 cm³/mol. The number of nitrogens with zero attached hydrogens (tertiary/aromatic N) is 4. The quantitative estimate of drug-likeness (QED) is 0.163. The van der Waals surface area contributed by atoms with E-state index in [9.17, 15) is 14.0 Å². The molecule has 1 aliphatic rings. The molecule has 2 aromatic heterocycles. The number of imidazole rings is 1. The summed E-state index contributed by atoms with van der Waals surface area (Å²) in [5, 5.41) is 21.5. The summed E-state index contributed by atoms with van der Waals surface area (Å²) < 4.78 is 20.4. The third-order valence-corrected chi connectivity index (χ3v) is 5.98. The first-order valence-corrected chi connectivity index (χ1v) is 12.3. The summed E-state index contributed by atoms with van der Waals surface area (Å²) >= 11 is 0. The molecular weight excluding hydrogens is 505 g/mol. The van der Waals surface area contributed by atoms with Crippen LogP contribution in [0.1, 0.15) is 60.1 Å². The van der Waals surface area contributed by atoms with Crippen molar-refractivity contribution >= 4 is 18.0 Å². The van der Waals surface area contributed by atoms with Crippen molar-refractivity contribution in [1.82, 2.24) is 19.7 Å². The second kappa shape index (κ2) is 13.3. The molecule has 0 saturated heterocycles. The predicted octanol–water partition coefficient (Wildman–Crippen LogP) is 2.68. The maximum absolute atomic E-state index is 13.6. The molecule has 4 rings (SSSR count). The van der Waals surface area contributed by atoms with E-state index >= 15 is 0 Å². The minimum atomic E-state index is -0.798. The second-order valence-corrected chi connectivity index (χ2v) is 9.19. The van der Waals surface area contributed by atoms with Crippen molar-refractivity contribution in [2.24, 2.45) is 11.6 Å². The SMILES string of the molecule is C/C(N)=C/N(N)Cc1cn2cc(C3CC3)cc(CCC(=O)O)c2n1.COc1ccc(C#N)c(CNC=O)c1F. The van der Waals surface area contributed by atoms with E-state index in [1.165, 1.54) is 42.7 Å². The number of aryl methyl sites for hydroxylation is 1. The van der Waals surface area contributed by atoms with E-state index in [-0.39, 0.29) is 29.8 Å². The van der Waals surface area contributed by atoms with Crippen molar-refractivity contribution in [2.45, 2.75) is 51.6 Å². The van der Waals surface area contributed by atoms with Gasteiger partial charge in [0.15, 0.2) is 11.6 Å². The van der Waals surface area contributed by atoms with Crippen molar-refractivity contribution in [3.63, 3.8) is 0 Å². The highest BCUT2D eigenvalue weighted by molar-refractivity contribution is 5.68. The Morgan fingerprint density at radius 3 is 2.74 bits per heavy atom. The van der Waals surface area contributed by atoms with Crippen LogP contribution in [0.3, 0.4) is 0 Å². The van der Waals surface area contributed by atoms with Gasteiger partial charge in [0.05, 0.1) is 31.0 Å². The zero-order valence-corrected chi connectivity index (χ0v) is 21.9. The second-order valence-electron chi connectivity index (χ2n) is 9.19. The first-order chi connectivity index (χ1) is 18.7. The Balaban J connectivity index is 0.000000242. The number of nitrogens with two attached hydrogens (primary N) is 2. The molecule has 0 atom stereocenters. The van der Waals surface area contributed by atoms with Crippen LogP contribution in [0.2, 0.25) is 0 Å². The summed E-state index contributed by atoms with van der Waals surface area (Å²) in [6.45, 7) is 2.18. The lowest BCUT2D eigenvalue weighted by Crippen LogP contribution is -2.25. The molecule has 0 bridgehead atoms. The number of nitrogens with one attached hydrogen (secondary N) is 1. The molecule has 1 aromatic carbocycles. The zero-order chi connectivity index (χ0) is 28.5. The molecular formula is C27H32FN7O4. The van der Waals surface area contributed by atoms with E-state index < -0.39 is 11.8 Å². The summed E-state index contributed by atoms with van der Waals surface area (Å²) in [5.74, 6) is 5.13.